The van der Waals surface area contributed by atoms with Gasteiger partial charge in [0, 0.05) is 6.54 Å². The second kappa shape index (κ2) is 17.5. The third kappa shape index (κ3) is 12.7. The van der Waals surface area contributed by atoms with E-state index in [9.17, 15) is 24.3 Å². The minimum atomic E-state index is -1.16. The zero-order valence-corrected chi connectivity index (χ0v) is 22.0. The fourth-order valence-corrected chi connectivity index (χ4v) is 3.31. The smallest absolute Gasteiger partial charge is 0.326 e. The van der Waals surface area contributed by atoms with Crippen molar-refractivity contribution >= 4 is 29.7 Å². The highest BCUT2D eigenvalue weighted by atomic mass is 16.4. The zero-order valence-electron chi connectivity index (χ0n) is 22.0. The van der Waals surface area contributed by atoms with Crippen LogP contribution in [-0.4, -0.2) is 72.0 Å². The Balaban J connectivity index is 5.66. The zero-order chi connectivity index (χ0) is 27.8. The van der Waals surface area contributed by atoms with Crippen LogP contribution in [0.15, 0.2) is 4.99 Å². The number of hydrogen-bond donors (Lipinski definition) is 8. The maximum absolute atomic E-state index is 13.2. The lowest BCUT2D eigenvalue weighted by Gasteiger charge is -2.27. The summed E-state index contributed by atoms with van der Waals surface area (Å²) in [6.45, 7) is 7.77. The number of carbonyl (C=O) groups excluding carboxylic acids is 3. The first kappa shape index (κ1) is 33.1. The van der Waals surface area contributed by atoms with Gasteiger partial charge in [0.05, 0.1) is 6.04 Å². The minimum Gasteiger partial charge on any atom is -0.480 e. The number of guanidine groups is 1. The van der Waals surface area contributed by atoms with Gasteiger partial charge in [-0.25, -0.2) is 4.79 Å². The fourth-order valence-electron chi connectivity index (χ4n) is 3.31. The van der Waals surface area contributed by atoms with Crippen molar-refractivity contribution in [2.45, 2.75) is 90.4 Å². The van der Waals surface area contributed by atoms with Crippen LogP contribution in [0.5, 0.6) is 0 Å². The lowest BCUT2D eigenvalue weighted by Crippen LogP contribution is -2.58. The van der Waals surface area contributed by atoms with Crippen LogP contribution in [0.1, 0.15) is 66.2 Å². The molecule has 5 atom stereocenters. The maximum atomic E-state index is 13.2. The van der Waals surface area contributed by atoms with Gasteiger partial charge in [-0.1, -0.05) is 34.1 Å². The van der Waals surface area contributed by atoms with Crippen LogP contribution in [0.2, 0.25) is 0 Å². The van der Waals surface area contributed by atoms with Crippen molar-refractivity contribution in [1.29, 1.82) is 0 Å². The van der Waals surface area contributed by atoms with E-state index in [1.165, 1.54) is 0 Å². The van der Waals surface area contributed by atoms with E-state index < -0.39 is 47.9 Å². The summed E-state index contributed by atoms with van der Waals surface area (Å²) in [4.78, 5) is 54.3. The molecule has 0 aromatic carbocycles. The number of amides is 3. The quantitative estimate of drug-likeness (QED) is 0.0617. The Kier molecular flexibility index (Phi) is 16.1. The summed E-state index contributed by atoms with van der Waals surface area (Å²) in [6, 6.07) is -3.93. The average Bonchev–Trinajstić information content (AvgIpc) is 2.81. The summed E-state index contributed by atoms with van der Waals surface area (Å²) < 4.78 is 0. The molecule has 13 nitrogen and oxygen atoms in total. The number of rotatable bonds is 18. The number of hydrogen-bond acceptors (Lipinski definition) is 7. The van der Waals surface area contributed by atoms with E-state index in [0.29, 0.717) is 32.2 Å². The van der Waals surface area contributed by atoms with Gasteiger partial charge in [-0.2, -0.15) is 0 Å². The van der Waals surface area contributed by atoms with Gasteiger partial charge in [0.15, 0.2) is 5.96 Å². The summed E-state index contributed by atoms with van der Waals surface area (Å²) in [6.07, 6.45) is 2.53. The van der Waals surface area contributed by atoms with Crippen molar-refractivity contribution in [3.63, 3.8) is 0 Å². The van der Waals surface area contributed by atoms with Gasteiger partial charge in [0.2, 0.25) is 17.7 Å². The molecular formula is C23H46N8O5. The number of nitrogens with zero attached hydrogens (tertiary/aromatic N) is 1. The van der Waals surface area contributed by atoms with Gasteiger partial charge in [-0.3, -0.25) is 19.4 Å². The number of unbranched alkanes of at least 4 members (excludes halogenated alkanes) is 1. The Morgan fingerprint density at radius 2 is 1.39 bits per heavy atom. The molecular weight excluding hydrogens is 468 g/mol. The van der Waals surface area contributed by atoms with Crippen LogP contribution in [0.25, 0.3) is 0 Å². The Morgan fingerprint density at radius 1 is 0.861 bits per heavy atom. The molecule has 0 bridgehead atoms. The van der Waals surface area contributed by atoms with Gasteiger partial charge < -0.3 is 44.0 Å². The lowest BCUT2D eigenvalue weighted by molar-refractivity contribution is -0.144. The third-order valence-electron chi connectivity index (χ3n) is 5.96. The molecule has 0 radical (unpaired) electrons. The van der Waals surface area contributed by atoms with Crippen LogP contribution >= 0.6 is 0 Å². The van der Waals surface area contributed by atoms with Gasteiger partial charge in [-0.15, -0.1) is 0 Å². The summed E-state index contributed by atoms with van der Waals surface area (Å²) in [5.74, 6) is -3.42. The van der Waals surface area contributed by atoms with Crippen LogP contribution in [0.4, 0.5) is 0 Å². The number of nitrogens with two attached hydrogens (primary N) is 4. The second-order valence-corrected chi connectivity index (χ2v) is 9.34. The predicted molar refractivity (Wildman–Crippen MR) is 139 cm³/mol. The van der Waals surface area contributed by atoms with Crippen molar-refractivity contribution in [2.24, 2.45) is 39.8 Å². The fraction of sp³-hybridized carbons (Fsp3) is 0.783. The summed E-state index contributed by atoms with van der Waals surface area (Å²) in [5.41, 5.74) is 22.2. The molecule has 13 heteroatoms. The predicted octanol–water partition coefficient (Wildman–Crippen LogP) is -1.26. The van der Waals surface area contributed by atoms with Gasteiger partial charge in [-0.05, 0) is 50.5 Å². The van der Waals surface area contributed by atoms with Crippen molar-refractivity contribution in [1.82, 2.24) is 16.0 Å². The van der Waals surface area contributed by atoms with Crippen molar-refractivity contribution < 1.29 is 24.3 Å². The largest absolute Gasteiger partial charge is 0.480 e. The number of nitrogens with one attached hydrogen (secondary N) is 3. The highest BCUT2D eigenvalue weighted by molar-refractivity contribution is 5.94. The Hall–Kier alpha value is -2.93. The molecule has 0 aromatic rings. The van der Waals surface area contributed by atoms with Crippen molar-refractivity contribution in [3.8, 4) is 0 Å². The average molecular weight is 515 g/mol. The molecule has 208 valence electrons. The second-order valence-electron chi connectivity index (χ2n) is 9.34. The van der Waals surface area contributed by atoms with Crippen molar-refractivity contribution in [2.75, 3.05) is 13.1 Å². The molecule has 3 amide bonds. The van der Waals surface area contributed by atoms with Gasteiger partial charge in [0.25, 0.3) is 0 Å². The standard InChI is InChI=1S/C23H46N8O5/c1-5-14(4)18(22(35)36)31-20(33)15(9-6-7-11-24)29-19(32)16(10-8-12-28-23(26)27)30-21(34)17(25)13(2)3/h13-18H,5-12,24-25H2,1-4H3,(H,29,32)(H,30,34)(H,31,33)(H,35,36)(H4,26,27,28). The van der Waals surface area contributed by atoms with Crippen LogP contribution in [-0.2, 0) is 19.2 Å². The van der Waals surface area contributed by atoms with Crippen molar-refractivity contribution in [3.05, 3.63) is 0 Å². The first-order valence-electron chi connectivity index (χ1n) is 12.5. The molecule has 0 rings (SSSR count). The topological polar surface area (TPSA) is 241 Å². The molecule has 0 spiro atoms. The summed E-state index contributed by atoms with van der Waals surface area (Å²) >= 11 is 0. The van der Waals surface area contributed by atoms with Gasteiger partial charge >= 0.3 is 5.97 Å². The Morgan fingerprint density at radius 3 is 1.86 bits per heavy atom. The number of aliphatic imine (C=N–C) groups is 1. The van der Waals surface area contributed by atoms with E-state index >= 15 is 0 Å². The monoisotopic (exact) mass is 514 g/mol. The lowest BCUT2D eigenvalue weighted by atomic mass is 9.98. The molecule has 0 aromatic heterocycles. The first-order chi connectivity index (χ1) is 16.8. The molecule has 0 aliphatic rings. The van der Waals surface area contributed by atoms with Crippen LogP contribution in [0, 0.1) is 11.8 Å². The summed E-state index contributed by atoms with van der Waals surface area (Å²) in [7, 11) is 0. The van der Waals surface area contributed by atoms with E-state index in [4.69, 9.17) is 22.9 Å². The SMILES string of the molecule is CCC(C)C(NC(=O)C(CCCCN)NC(=O)C(CCCN=C(N)N)NC(=O)C(N)C(C)C)C(=O)O. The van der Waals surface area contributed by atoms with Gasteiger partial charge in [0.1, 0.15) is 18.1 Å². The molecule has 0 saturated heterocycles. The highest BCUT2D eigenvalue weighted by Gasteiger charge is 2.31. The number of carboxylic acids is 1. The van der Waals surface area contributed by atoms with Crippen LogP contribution < -0.4 is 38.9 Å². The molecule has 5 unspecified atom stereocenters. The molecule has 0 aliphatic carbocycles. The van der Waals surface area contributed by atoms with E-state index in [0.717, 1.165) is 0 Å². The number of carbonyl (C=O) groups is 4. The molecule has 0 saturated carbocycles. The number of aliphatic carboxylic acids is 1. The maximum Gasteiger partial charge on any atom is 0.326 e. The van der Waals surface area contributed by atoms with Crippen LogP contribution in [0.3, 0.4) is 0 Å². The summed E-state index contributed by atoms with van der Waals surface area (Å²) in [5, 5.41) is 17.4. The molecule has 0 fully saturated rings. The third-order valence-corrected chi connectivity index (χ3v) is 5.96. The van der Waals surface area contributed by atoms with E-state index in [-0.39, 0.29) is 37.2 Å². The van der Waals surface area contributed by atoms with E-state index in [1.807, 2.05) is 6.92 Å². The molecule has 12 N–H and O–H groups in total. The molecule has 36 heavy (non-hydrogen) atoms. The Labute approximate surface area is 213 Å². The minimum absolute atomic E-state index is 0.0900. The number of carboxylic acid groups (broad SMARTS) is 1. The van der Waals surface area contributed by atoms with E-state index in [2.05, 4.69) is 20.9 Å². The first-order valence-corrected chi connectivity index (χ1v) is 12.5. The highest BCUT2D eigenvalue weighted by Crippen LogP contribution is 2.10. The normalized spacial score (nSPS) is 15.2. The van der Waals surface area contributed by atoms with E-state index in [1.54, 1.807) is 20.8 Å². The Bertz CT molecular complexity index is 742. The molecule has 0 heterocycles. The molecule has 0 aliphatic heterocycles.